The molecule has 0 amide bonds. The summed E-state index contributed by atoms with van der Waals surface area (Å²) in [5, 5.41) is 14.7. The number of aromatic nitrogens is 2. The Morgan fingerprint density at radius 2 is 2.35 bits per heavy atom. The predicted molar refractivity (Wildman–Crippen MR) is 64.1 cm³/mol. The second kappa shape index (κ2) is 4.50. The van der Waals surface area contributed by atoms with Crippen LogP contribution in [-0.4, -0.2) is 20.9 Å². The van der Waals surface area contributed by atoms with Gasteiger partial charge < -0.3 is 5.11 Å². The van der Waals surface area contributed by atoms with Crippen molar-refractivity contribution in [3.8, 4) is 10.6 Å². The third kappa shape index (κ3) is 2.42. The van der Waals surface area contributed by atoms with Gasteiger partial charge in [-0.1, -0.05) is 6.07 Å². The van der Waals surface area contributed by atoms with Crippen molar-refractivity contribution in [1.82, 2.24) is 9.78 Å². The molecule has 0 aliphatic rings. The van der Waals surface area contributed by atoms with Crippen molar-refractivity contribution in [3.05, 3.63) is 39.5 Å². The van der Waals surface area contributed by atoms with Crippen LogP contribution in [0.25, 0.3) is 10.6 Å². The van der Waals surface area contributed by atoms with Gasteiger partial charge in [0.2, 0.25) is 0 Å². The van der Waals surface area contributed by atoms with Gasteiger partial charge in [-0.15, -0.1) is 11.3 Å². The summed E-state index contributed by atoms with van der Waals surface area (Å²) in [4.78, 5) is 23.2. The number of aryl methyl sites for hydroxylation is 1. The normalized spacial score (nSPS) is 10.4. The Labute approximate surface area is 101 Å². The Morgan fingerprint density at radius 3 is 2.94 bits per heavy atom. The number of nitrogens with zero attached hydrogens (tertiary/aromatic N) is 2. The molecule has 1 N–H and O–H groups in total. The van der Waals surface area contributed by atoms with Crippen LogP contribution in [0.1, 0.15) is 5.56 Å². The van der Waals surface area contributed by atoms with E-state index in [4.69, 9.17) is 5.11 Å². The van der Waals surface area contributed by atoms with Gasteiger partial charge in [-0.3, -0.25) is 9.59 Å². The molecule has 0 atom stereocenters. The lowest BCUT2D eigenvalue weighted by Crippen LogP contribution is -2.25. The summed E-state index contributed by atoms with van der Waals surface area (Å²) in [6.07, 6.45) is -0.284. The van der Waals surface area contributed by atoms with E-state index in [2.05, 4.69) is 5.10 Å². The molecule has 2 aromatic rings. The maximum Gasteiger partial charge on any atom is 0.308 e. The molecule has 0 spiro atoms. The van der Waals surface area contributed by atoms with Crippen LogP contribution in [0.4, 0.5) is 0 Å². The number of carboxylic acid groups (broad SMARTS) is 1. The lowest BCUT2D eigenvalue weighted by molar-refractivity contribution is -0.136. The molecule has 0 bridgehead atoms. The fraction of sp³-hybridized carbons (Fsp3) is 0.182. The van der Waals surface area contributed by atoms with Crippen LogP contribution in [0.5, 0.6) is 0 Å². The summed E-state index contributed by atoms with van der Waals surface area (Å²) in [6, 6.07) is 5.30. The first-order chi connectivity index (χ1) is 8.08. The highest BCUT2D eigenvalue weighted by Gasteiger charge is 2.11. The first-order valence-electron chi connectivity index (χ1n) is 4.91. The number of carbonyl (C=O) groups is 1. The average molecular weight is 250 g/mol. The highest BCUT2D eigenvalue weighted by atomic mass is 32.1. The van der Waals surface area contributed by atoms with Gasteiger partial charge in [-0.2, -0.15) is 5.10 Å². The molecule has 0 unspecified atom stereocenters. The van der Waals surface area contributed by atoms with Crippen molar-refractivity contribution in [2.24, 2.45) is 7.05 Å². The third-order valence-corrected chi connectivity index (χ3v) is 3.14. The maximum absolute atomic E-state index is 11.7. The third-order valence-electron chi connectivity index (χ3n) is 2.25. The fourth-order valence-corrected chi connectivity index (χ4v) is 2.19. The molecular formula is C11H10N2O3S. The van der Waals surface area contributed by atoms with Crippen molar-refractivity contribution < 1.29 is 9.90 Å². The molecule has 2 aromatic heterocycles. The van der Waals surface area contributed by atoms with Gasteiger partial charge in [-0.25, -0.2) is 4.68 Å². The molecule has 6 heteroatoms. The van der Waals surface area contributed by atoms with E-state index >= 15 is 0 Å². The van der Waals surface area contributed by atoms with E-state index in [0.717, 1.165) is 4.88 Å². The molecule has 0 aliphatic heterocycles. The average Bonchev–Trinajstić information content (AvgIpc) is 2.77. The van der Waals surface area contributed by atoms with Crippen LogP contribution in [0, 0.1) is 0 Å². The molecule has 88 valence electrons. The number of rotatable bonds is 3. The summed E-state index contributed by atoms with van der Waals surface area (Å²) in [7, 11) is 1.52. The van der Waals surface area contributed by atoms with E-state index in [-0.39, 0.29) is 17.5 Å². The molecular weight excluding hydrogens is 240 g/mol. The largest absolute Gasteiger partial charge is 0.481 e. The van der Waals surface area contributed by atoms with Gasteiger partial charge in [0.05, 0.1) is 11.3 Å². The van der Waals surface area contributed by atoms with Gasteiger partial charge >= 0.3 is 5.97 Å². The molecule has 0 saturated carbocycles. The van der Waals surface area contributed by atoms with E-state index in [0.29, 0.717) is 5.69 Å². The molecule has 0 aromatic carbocycles. The summed E-state index contributed by atoms with van der Waals surface area (Å²) in [5.74, 6) is -1.02. The van der Waals surface area contributed by atoms with Crippen molar-refractivity contribution in [3.63, 3.8) is 0 Å². The number of hydrogen-bond donors (Lipinski definition) is 1. The van der Waals surface area contributed by atoms with Gasteiger partial charge in [0, 0.05) is 12.6 Å². The standard InChI is InChI=1S/C11H10N2O3S/c1-13-11(16)7(6-10(14)15)5-8(12-13)9-3-2-4-17-9/h2-5H,6H2,1H3,(H,14,15). The molecule has 2 heterocycles. The van der Waals surface area contributed by atoms with Crippen molar-refractivity contribution >= 4 is 17.3 Å². The molecule has 5 nitrogen and oxygen atoms in total. The van der Waals surface area contributed by atoms with Crippen molar-refractivity contribution in [2.45, 2.75) is 6.42 Å². The first-order valence-corrected chi connectivity index (χ1v) is 5.79. The second-order valence-electron chi connectivity index (χ2n) is 3.53. The quantitative estimate of drug-likeness (QED) is 0.886. The SMILES string of the molecule is Cn1nc(-c2cccs2)cc(CC(=O)O)c1=O. The molecule has 0 fully saturated rings. The highest BCUT2D eigenvalue weighted by Crippen LogP contribution is 2.22. The topological polar surface area (TPSA) is 72.2 Å². The van der Waals surface area contributed by atoms with Gasteiger partial charge in [-0.05, 0) is 17.5 Å². The lowest BCUT2D eigenvalue weighted by Gasteiger charge is -2.04. The fourth-order valence-electron chi connectivity index (χ4n) is 1.50. The predicted octanol–water partition coefficient (Wildman–Crippen LogP) is 1.14. The van der Waals surface area contributed by atoms with E-state index < -0.39 is 5.97 Å². The van der Waals surface area contributed by atoms with E-state index in [1.807, 2.05) is 17.5 Å². The minimum absolute atomic E-state index is 0.249. The molecule has 2 rings (SSSR count). The Balaban J connectivity index is 2.53. The monoisotopic (exact) mass is 250 g/mol. The van der Waals surface area contributed by atoms with Gasteiger partial charge in [0.15, 0.2) is 0 Å². The summed E-state index contributed by atoms with van der Waals surface area (Å²) in [5.41, 5.74) is 0.504. The zero-order chi connectivity index (χ0) is 12.4. The van der Waals surface area contributed by atoms with Crippen LogP contribution < -0.4 is 5.56 Å². The summed E-state index contributed by atoms with van der Waals surface area (Å²) >= 11 is 1.49. The van der Waals surface area contributed by atoms with Crippen LogP contribution in [-0.2, 0) is 18.3 Å². The van der Waals surface area contributed by atoms with Crippen LogP contribution >= 0.6 is 11.3 Å². The zero-order valence-electron chi connectivity index (χ0n) is 9.08. The lowest BCUT2D eigenvalue weighted by atomic mass is 10.2. The first kappa shape index (κ1) is 11.5. The smallest absolute Gasteiger partial charge is 0.308 e. The number of aliphatic carboxylic acids is 1. The number of thiophene rings is 1. The molecule has 0 saturated heterocycles. The van der Waals surface area contributed by atoms with Gasteiger partial charge in [0.1, 0.15) is 5.69 Å². The zero-order valence-corrected chi connectivity index (χ0v) is 9.90. The number of hydrogen-bond acceptors (Lipinski definition) is 4. The molecule has 17 heavy (non-hydrogen) atoms. The Bertz CT molecular complexity index is 602. The molecule has 0 radical (unpaired) electrons. The van der Waals surface area contributed by atoms with E-state index in [9.17, 15) is 9.59 Å². The molecule has 0 aliphatic carbocycles. The van der Waals surface area contributed by atoms with Crippen LogP contribution in [0.3, 0.4) is 0 Å². The van der Waals surface area contributed by atoms with E-state index in [1.165, 1.54) is 23.1 Å². The minimum Gasteiger partial charge on any atom is -0.481 e. The van der Waals surface area contributed by atoms with Crippen LogP contribution in [0.2, 0.25) is 0 Å². The minimum atomic E-state index is -1.02. The summed E-state index contributed by atoms with van der Waals surface area (Å²) in [6.45, 7) is 0. The van der Waals surface area contributed by atoms with Crippen molar-refractivity contribution in [2.75, 3.05) is 0 Å². The highest BCUT2D eigenvalue weighted by molar-refractivity contribution is 7.13. The van der Waals surface area contributed by atoms with Gasteiger partial charge in [0.25, 0.3) is 5.56 Å². The number of carboxylic acids is 1. The Kier molecular flexibility index (Phi) is 3.06. The Hall–Kier alpha value is -1.95. The summed E-state index contributed by atoms with van der Waals surface area (Å²) < 4.78 is 1.17. The Morgan fingerprint density at radius 1 is 1.59 bits per heavy atom. The van der Waals surface area contributed by atoms with Crippen LogP contribution in [0.15, 0.2) is 28.4 Å². The van der Waals surface area contributed by atoms with E-state index in [1.54, 1.807) is 6.07 Å². The second-order valence-corrected chi connectivity index (χ2v) is 4.48. The maximum atomic E-state index is 11.7. The van der Waals surface area contributed by atoms with Crippen molar-refractivity contribution in [1.29, 1.82) is 0 Å².